The van der Waals surface area contributed by atoms with E-state index in [9.17, 15) is 4.79 Å². The van der Waals surface area contributed by atoms with E-state index in [1.165, 1.54) is 11.0 Å². The first kappa shape index (κ1) is 12.3. The molecule has 1 amide bonds. The van der Waals surface area contributed by atoms with Gasteiger partial charge in [-0.25, -0.2) is 0 Å². The number of nitrogens with two attached hydrogens (primary N) is 1. The summed E-state index contributed by atoms with van der Waals surface area (Å²) in [4.78, 5) is 13.4. The topological polar surface area (TPSA) is 70.1 Å². The maximum absolute atomic E-state index is 11.9. The molecule has 0 aliphatic carbocycles. The zero-order valence-corrected chi connectivity index (χ0v) is 9.66. The summed E-state index contributed by atoms with van der Waals surface area (Å²) in [7, 11) is 1.63. The molecule has 0 bridgehead atoms. The minimum absolute atomic E-state index is 0.227. The van der Waals surface area contributed by atoms with Gasteiger partial charge in [0.05, 0.1) is 18.1 Å². The number of halogens is 1. The van der Waals surface area contributed by atoms with Crippen LogP contribution in [0.15, 0.2) is 18.2 Å². The van der Waals surface area contributed by atoms with Gasteiger partial charge in [-0.3, -0.25) is 4.79 Å². The first-order valence-electron chi connectivity index (χ1n) is 4.73. The second-order valence-electron chi connectivity index (χ2n) is 3.37. The van der Waals surface area contributed by atoms with Crippen LogP contribution in [-0.4, -0.2) is 24.4 Å². The van der Waals surface area contributed by atoms with Gasteiger partial charge in [-0.05, 0) is 18.2 Å². The first-order chi connectivity index (χ1) is 7.56. The van der Waals surface area contributed by atoms with Crippen molar-refractivity contribution < 1.29 is 4.79 Å². The SMILES string of the molecule is CN(CCC#N)C(=O)c1cc(Cl)ccc1N. The Morgan fingerprint density at radius 1 is 1.62 bits per heavy atom. The summed E-state index contributed by atoms with van der Waals surface area (Å²) in [6.45, 7) is 0.376. The number of benzene rings is 1. The molecule has 1 aromatic carbocycles. The summed E-state index contributed by atoms with van der Waals surface area (Å²) in [5.74, 6) is -0.227. The Morgan fingerprint density at radius 2 is 2.31 bits per heavy atom. The van der Waals surface area contributed by atoms with Gasteiger partial charge in [-0.2, -0.15) is 5.26 Å². The van der Waals surface area contributed by atoms with E-state index in [0.29, 0.717) is 29.2 Å². The summed E-state index contributed by atoms with van der Waals surface area (Å²) in [6, 6.07) is 6.73. The van der Waals surface area contributed by atoms with Crippen LogP contribution < -0.4 is 5.73 Å². The van der Waals surface area contributed by atoms with E-state index in [1.54, 1.807) is 19.2 Å². The predicted octanol–water partition coefficient (Wildman–Crippen LogP) is 1.91. The van der Waals surface area contributed by atoms with Gasteiger partial charge in [0.2, 0.25) is 0 Å². The van der Waals surface area contributed by atoms with Crippen molar-refractivity contribution in [3.05, 3.63) is 28.8 Å². The molecule has 2 N–H and O–H groups in total. The standard InChI is InChI=1S/C11H12ClN3O/c1-15(6-2-5-13)11(16)9-7-8(12)3-4-10(9)14/h3-4,7H,2,6,14H2,1H3. The van der Waals surface area contributed by atoms with Gasteiger partial charge in [0.25, 0.3) is 5.91 Å². The molecule has 0 aliphatic rings. The van der Waals surface area contributed by atoms with Gasteiger partial charge >= 0.3 is 0 Å². The summed E-state index contributed by atoms with van der Waals surface area (Å²) >= 11 is 5.79. The average molecular weight is 238 g/mol. The van der Waals surface area contributed by atoms with Gasteiger partial charge in [0.15, 0.2) is 0 Å². The number of hydrogen-bond donors (Lipinski definition) is 1. The molecule has 0 unspecified atom stereocenters. The van der Waals surface area contributed by atoms with E-state index in [2.05, 4.69) is 0 Å². The highest BCUT2D eigenvalue weighted by molar-refractivity contribution is 6.31. The Morgan fingerprint density at radius 3 is 2.94 bits per heavy atom. The monoisotopic (exact) mass is 237 g/mol. The molecule has 4 nitrogen and oxygen atoms in total. The molecule has 0 heterocycles. The zero-order chi connectivity index (χ0) is 12.1. The van der Waals surface area contributed by atoms with Crippen LogP contribution in [0.1, 0.15) is 16.8 Å². The number of anilines is 1. The van der Waals surface area contributed by atoms with Crippen molar-refractivity contribution in [3.63, 3.8) is 0 Å². The van der Waals surface area contributed by atoms with Crippen LogP contribution in [0, 0.1) is 11.3 Å². The summed E-state index contributed by atoms with van der Waals surface area (Å²) in [5, 5.41) is 8.90. The van der Waals surface area contributed by atoms with Crippen molar-refractivity contribution >= 4 is 23.2 Å². The lowest BCUT2D eigenvalue weighted by molar-refractivity contribution is 0.0799. The molecular weight excluding hydrogens is 226 g/mol. The van der Waals surface area contributed by atoms with Crippen LogP contribution in [0.5, 0.6) is 0 Å². The Hall–Kier alpha value is -1.73. The van der Waals surface area contributed by atoms with E-state index in [1.807, 2.05) is 6.07 Å². The Labute approximate surface area is 99.2 Å². The summed E-state index contributed by atoms with van der Waals surface area (Å²) in [5.41, 5.74) is 6.44. The van der Waals surface area contributed by atoms with Crippen LogP contribution in [0.25, 0.3) is 0 Å². The zero-order valence-electron chi connectivity index (χ0n) is 8.90. The molecule has 1 aromatic rings. The second-order valence-corrected chi connectivity index (χ2v) is 3.80. The molecule has 84 valence electrons. The third-order valence-corrected chi connectivity index (χ3v) is 2.39. The van der Waals surface area contributed by atoms with Gasteiger partial charge < -0.3 is 10.6 Å². The molecule has 1 rings (SSSR count). The molecule has 0 spiro atoms. The number of rotatable bonds is 3. The predicted molar refractivity (Wildman–Crippen MR) is 63.1 cm³/mol. The smallest absolute Gasteiger partial charge is 0.255 e. The van der Waals surface area contributed by atoms with Gasteiger partial charge in [0.1, 0.15) is 0 Å². The maximum atomic E-state index is 11.9. The molecule has 0 aliphatic heterocycles. The molecule has 0 aromatic heterocycles. The number of amides is 1. The highest BCUT2D eigenvalue weighted by atomic mass is 35.5. The van der Waals surface area contributed by atoms with Gasteiger partial charge in [0, 0.05) is 24.3 Å². The number of carbonyl (C=O) groups excluding carboxylic acids is 1. The fraction of sp³-hybridized carbons (Fsp3) is 0.273. The van der Waals surface area contributed by atoms with Crippen LogP contribution in [0.2, 0.25) is 5.02 Å². The molecule has 0 saturated heterocycles. The van der Waals surface area contributed by atoms with Crippen LogP contribution in [0.4, 0.5) is 5.69 Å². The van der Waals surface area contributed by atoms with Crippen LogP contribution >= 0.6 is 11.6 Å². The first-order valence-corrected chi connectivity index (χ1v) is 5.11. The molecule has 16 heavy (non-hydrogen) atoms. The molecule has 0 saturated carbocycles. The van der Waals surface area contributed by atoms with E-state index < -0.39 is 0 Å². The van der Waals surface area contributed by atoms with Crippen LogP contribution in [0.3, 0.4) is 0 Å². The van der Waals surface area contributed by atoms with Crippen molar-refractivity contribution in [2.24, 2.45) is 0 Å². The van der Waals surface area contributed by atoms with E-state index in [4.69, 9.17) is 22.6 Å². The molecule has 0 fully saturated rings. The normalized spacial score (nSPS) is 9.56. The lowest BCUT2D eigenvalue weighted by atomic mass is 10.1. The highest BCUT2D eigenvalue weighted by Gasteiger charge is 2.14. The number of nitrogens with zero attached hydrogens (tertiary/aromatic N) is 2. The van der Waals surface area contributed by atoms with E-state index in [-0.39, 0.29) is 5.91 Å². The third kappa shape index (κ3) is 2.88. The van der Waals surface area contributed by atoms with Crippen molar-refractivity contribution in [2.45, 2.75) is 6.42 Å². The molecule has 5 heteroatoms. The van der Waals surface area contributed by atoms with Crippen molar-refractivity contribution in [2.75, 3.05) is 19.3 Å². The van der Waals surface area contributed by atoms with Crippen molar-refractivity contribution in [3.8, 4) is 6.07 Å². The minimum Gasteiger partial charge on any atom is -0.398 e. The largest absolute Gasteiger partial charge is 0.398 e. The Kier molecular flexibility index (Phi) is 4.15. The number of carbonyl (C=O) groups is 1. The molecule has 0 atom stereocenters. The fourth-order valence-corrected chi connectivity index (χ4v) is 1.41. The van der Waals surface area contributed by atoms with E-state index in [0.717, 1.165) is 0 Å². The van der Waals surface area contributed by atoms with Gasteiger partial charge in [-0.15, -0.1) is 0 Å². The quantitative estimate of drug-likeness (QED) is 0.817. The lowest BCUT2D eigenvalue weighted by Gasteiger charge is -2.16. The maximum Gasteiger partial charge on any atom is 0.255 e. The number of hydrogen-bond acceptors (Lipinski definition) is 3. The lowest BCUT2D eigenvalue weighted by Crippen LogP contribution is -2.28. The minimum atomic E-state index is -0.227. The molecule has 0 radical (unpaired) electrons. The number of nitriles is 1. The van der Waals surface area contributed by atoms with E-state index >= 15 is 0 Å². The number of nitrogen functional groups attached to an aromatic ring is 1. The fourth-order valence-electron chi connectivity index (χ4n) is 1.24. The second kappa shape index (κ2) is 5.38. The Balaban J connectivity index is 2.88. The third-order valence-electron chi connectivity index (χ3n) is 2.15. The van der Waals surface area contributed by atoms with Crippen molar-refractivity contribution in [1.29, 1.82) is 5.26 Å². The highest BCUT2D eigenvalue weighted by Crippen LogP contribution is 2.19. The molecular formula is C11H12ClN3O. The summed E-state index contributed by atoms with van der Waals surface area (Å²) in [6.07, 6.45) is 0.294. The Bertz CT molecular complexity index is 439. The van der Waals surface area contributed by atoms with Gasteiger partial charge in [-0.1, -0.05) is 11.6 Å². The van der Waals surface area contributed by atoms with Crippen LogP contribution in [-0.2, 0) is 0 Å². The summed E-state index contributed by atoms with van der Waals surface area (Å²) < 4.78 is 0. The average Bonchev–Trinajstić information content (AvgIpc) is 2.28. The van der Waals surface area contributed by atoms with Crippen molar-refractivity contribution in [1.82, 2.24) is 4.90 Å².